The molecule has 0 bridgehead atoms. The third kappa shape index (κ3) is 2.38. The van der Waals surface area contributed by atoms with E-state index in [1.807, 2.05) is 18.2 Å². The molecule has 0 spiro atoms. The number of hydrogen-bond donors (Lipinski definition) is 1. The van der Waals surface area contributed by atoms with Crippen molar-refractivity contribution in [3.8, 4) is 0 Å². The fourth-order valence-corrected chi connectivity index (χ4v) is 2.40. The predicted molar refractivity (Wildman–Crippen MR) is 63.7 cm³/mol. The van der Waals surface area contributed by atoms with Crippen LogP contribution in [0.4, 0.5) is 0 Å². The lowest BCUT2D eigenvalue weighted by atomic mass is 9.83. The Morgan fingerprint density at radius 1 is 1.07 bits per heavy atom. The van der Waals surface area contributed by atoms with Crippen molar-refractivity contribution in [1.29, 1.82) is 0 Å². The standard InChI is InChI=1S/C13H18N2/c14-15-13(11-7-3-1-4-8-11)12-9-5-2-6-10-12/h1,3-4,7-8,12H,2,5-6,9-10,14H2/b15-13+. The highest BCUT2D eigenvalue weighted by molar-refractivity contribution is 6.02. The van der Waals surface area contributed by atoms with E-state index in [4.69, 9.17) is 5.84 Å². The molecular formula is C13H18N2. The highest BCUT2D eigenvalue weighted by Crippen LogP contribution is 2.27. The normalized spacial score (nSPS) is 19.1. The molecule has 2 N–H and O–H groups in total. The molecule has 2 nitrogen and oxygen atoms in total. The first kappa shape index (κ1) is 10.2. The van der Waals surface area contributed by atoms with Crippen molar-refractivity contribution in [2.45, 2.75) is 32.1 Å². The number of nitrogens with two attached hydrogens (primary N) is 1. The highest BCUT2D eigenvalue weighted by atomic mass is 15.1. The second-order valence-electron chi connectivity index (χ2n) is 4.22. The zero-order chi connectivity index (χ0) is 10.5. The van der Waals surface area contributed by atoms with Gasteiger partial charge in [-0.25, -0.2) is 0 Å². The molecule has 1 aromatic rings. The van der Waals surface area contributed by atoms with Crippen LogP contribution >= 0.6 is 0 Å². The Morgan fingerprint density at radius 3 is 2.33 bits per heavy atom. The molecule has 0 heterocycles. The topological polar surface area (TPSA) is 38.4 Å². The Hall–Kier alpha value is -1.31. The average Bonchev–Trinajstić information content (AvgIpc) is 2.33. The van der Waals surface area contributed by atoms with Crippen molar-refractivity contribution in [3.63, 3.8) is 0 Å². The van der Waals surface area contributed by atoms with E-state index in [0.717, 1.165) is 5.71 Å². The van der Waals surface area contributed by atoms with Crippen molar-refractivity contribution in [3.05, 3.63) is 35.9 Å². The largest absolute Gasteiger partial charge is 0.323 e. The number of hydrogen-bond acceptors (Lipinski definition) is 2. The van der Waals surface area contributed by atoms with Gasteiger partial charge in [0.15, 0.2) is 0 Å². The molecule has 1 aliphatic carbocycles. The van der Waals surface area contributed by atoms with Gasteiger partial charge in [0.2, 0.25) is 0 Å². The third-order valence-corrected chi connectivity index (χ3v) is 3.20. The van der Waals surface area contributed by atoms with E-state index in [1.54, 1.807) is 0 Å². The summed E-state index contributed by atoms with van der Waals surface area (Å²) in [7, 11) is 0. The molecule has 0 aromatic heterocycles. The molecule has 0 atom stereocenters. The Kier molecular flexibility index (Phi) is 3.38. The van der Waals surface area contributed by atoms with E-state index in [9.17, 15) is 0 Å². The third-order valence-electron chi connectivity index (χ3n) is 3.20. The Balaban J connectivity index is 2.17. The van der Waals surface area contributed by atoms with Crippen LogP contribution in [0.25, 0.3) is 0 Å². The van der Waals surface area contributed by atoms with Crippen LogP contribution in [0.3, 0.4) is 0 Å². The molecular weight excluding hydrogens is 184 g/mol. The maximum Gasteiger partial charge on any atom is 0.0703 e. The average molecular weight is 202 g/mol. The van der Waals surface area contributed by atoms with E-state index >= 15 is 0 Å². The Labute approximate surface area is 91.2 Å². The fourth-order valence-electron chi connectivity index (χ4n) is 2.40. The van der Waals surface area contributed by atoms with Crippen molar-refractivity contribution in [2.24, 2.45) is 16.9 Å². The zero-order valence-electron chi connectivity index (χ0n) is 9.02. The van der Waals surface area contributed by atoms with E-state index in [-0.39, 0.29) is 0 Å². The summed E-state index contributed by atoms with van der Waals surface area (Å²) in [5.74, 6) is 6.10. The number of hydrazone groups is 1. The Morgan fingerprint density at radius 2 is 1.73 bits per heavy atom. The quantitative estimate of drug-likeness (QED) is 0.447. The SMILES string of the molecule is N/N=C(\c1ccccc1)C1CCCCC1. The van der Waals surface area contributed by atoms with Crippen LogP contribution < -0.4 is 5.84 Å². The smallest absolute Gasteiger partial charge is 0.0703 e. The van der Waals surface area contributed by atoms with Gasteiger partial charge in [0.25, 0.3) is 0 Å². The van der Waals surface area contributed by atoms with Gasteiger partial charge in [0.1, 0.15) is 0 Å². The van der Waals surface area contributed by atoms with Crippen molar-refractivity contribution in [2.75, 3.05) is 0 Å². The van der Waals surface area contributed by atoms with Crippen LogP contribution in [-0.2, 0) is 0 Å². The molecule has 0 amide bonds. The summed E-state index contributed by atoms with van der Waals surface area (Å²) in [4.78, 5) is 0. The summed E-state index contributed by atoms with van der Waals surface area (Å²) in [6, 6.07) is 10.3. The monoisotopic (exact) mass is 202 g/mol. The second kappa shape index (κ2) is 4.96. The minimum atomic E-state index is 0.575. The molecule has 2 rings (SSSR count). The van der Waals surface area contributed by atoms with Gasteiger partial charge in [-0.3, -0.25) is 0 Å². The molecule has 0 saturated heterocycles. The first-order valence-electron chi connectivity index (χ1n) is 5.75. The van der Waals surface area contributed by atoms with Crippen LogP contribution in [0, 0.1) is 5.92 Å². The molecule has 1 aliphatic rings. The molecule has 0 radical (unpaired) electrons. The predicted octanol–water partition coefficient (Wildman–Crippen LogP) is 2.93. The van der Waals surface area contributed by atoms with Gasteiger partial charge in [-0.15, -0.1) is 0 Å². The zero-order valence-corrected chi connectivity index (χ0v) is 9.02. The maximum absolute atomic E-state index is 5.52. The lowest BCUT2D eigenvalue weighted by Crippen LogP contribution is -2.20. The van der Waals surface area contributed by atoms with Crippen LogP contribution in [-0.4, -0.2) is 5.71 Å². The van der Waals surface area contributed by atoms with Gasteiger partial charge in [-0.1, -0.05) is 49.6 Å². The minimum Gasteiger partial charge on any atom is -0.323 e. The Bertz CT molecular complexity index is 324. The van der Waals surface area contributed by atoms with Gasteiger partial charge in [-0.2, -0.15) is 5.10 Å². The fraction of sp³-hybridized carbons (Fsp3) is 0.462. The van der Waals surface area contributed by atoms with E-state index in [1.165, 1.54) is 37.7 Å². The summed E-state index contributed by atoms with van der Waals surface area (Å²) >= 11 is 0. The first-order chi connectivity index (χ1) is 7.42. The van der Waals surface area contributed by atoms with Crippen molar-refractivity contribution < 1.29 is 0 Å². The molecule has 1 aromatic carbocycles. The summed E-state index contributed by atoms with van der Waals surface area (Å²) in [5, 5.41) is 4.00. The molecule has 2 heteroatoms. The lowest BCUT2D eigenvalue weighted by Gasteiger charge is -2.22. The van der Waals surface area contributed by atoms with Crippen molar-refractivity contribution >= 4 is 5.71 Å². The summed E-state index contributed by atoms with van der Waals surface area (Å²) in [5.41, 5.74) is 2.28. The second-order valence-corrected chi connectivity index (χ2v) is 4.22. The van der Waals surface area contributed by atoms with Crippen LogP contribution in [0.2, 0.25) is 0 Å². The molecule has 0 aliphatic heterocycles. The van der Waals surface area contributed by atoms with E-state index < -0.39 is 0 Å². The van der Waals surface area contributed by atoms with Gasteiger partial charge in [-0.05, 0) is 18.4 Å². The van der Waals surface area contributed by atoms with Crippen LogP contribution in [0.1, 0.15) is 37.7 Å². The van der Waals surface area contributed by atoms with E-state index in [0.29, 0.717) is 5.92 Å². The maximum atomic E-state index is 5.52. The molecule has 0 unspecified atom stereocenters. The molecule has 15 heavy (non-hydrogen) atoms. The first-order valence-corrected chi connectivity index (χ1v) is 5.75. The van der Waals surface area contributed by atoms with Gasteiger partial charge >= 0.3 is 0 Å². The van der Waals surface area contributed by atoms with Crippen LogP contribution in [0.5, 0.6) is 0 Å². The van der Waals surface area contributed by atoms with Crippen molar-refractivity contribution in [1.82, 2.24) is 0 Å². The number of rotatable bonds is 2. The van der Waals surface area contributed by atoms with E-state index in [2.05, 4.69) is 17.2 Å². The van der Waals surface area contributed by atoms with Gasteiger partial charge in [0, 0.05) is 5.92 Å². The number of nitrogens with zero attached hydrogens (tertiary/aromatic N) is 1. The summed E-state index contributed by atoms with van der Waals surface area (Å²) in [6.45, 7) is 0. The van der Waals surface area contributed by atoms with Crippen LogP contribution in [0.15, 0.2) is 35.4 Å². The molecule has 80 valence electrons. The highest BCUT2D eigenvalue weighted by Gasteiger charge is 2.20. The van der Waals surface area contributed by atoms with Gasteiger partial charge in [0.05, 0.1) is 5.71 Å². The summed E-state index contributed by atoms with van der Waals surface area (Å²) < 4.78 is 0. The minimum absolute atomic E-state index is 0.575. The lowest BCUT2D eigenvalue weighted by molar-refractivity contribution is 0.439. The molecule has 1 fully saturated rings. The summed E-state index contributed by atoms with van der Waals surface area (Å²) in [6.07, 6.45) is 6.48. The van der Waals surface area contributed by atoms with Gasteiger partial charge < -0.3 is 5.84 Å². The number of benzene rings is 1. The molecule has 1 saturated carbocycles.